The summed E-state index contributed by atoms with van der Waals surface area (Å²) in [5.41, 5.74) is 16.6. The van der Waals surface area contributed by atoms with Crippen LogP contribution in [0.15, 0.2) is 213 Å². The Kier molecular flexibility index (Phi) is 21.1. The number of rotatable bonds is 19. The van der Waals surface area contributed by atoms with Crippen LogP contribution in [0.4, 0.5) is 0 Å². The summed E-state index contributed by atoms with van der Waals surface area (Å²) >= 11 is 1.68. The average molecular weight is 1330 g/mol. The van der Waals surface area contributed by atoms with Gasteiger partial charge in [0.2, 0.25) is 10.0 Å². The van der Waals surface area contributed by atoms with Crippen molar-refractivity contribution in [1.82, 2.24) is 49.3 Å². The Labute approximate surface area is 565 Å². The van der Waals surface area contributed by atoms with Crippen LogP contribution in [0.1, 0.15) is 80.4 Å². The highest BCUT2D eigenvalue weighted by Gasteiger charge is 2.20. The number of H-pyrrole nitrogens is 4. The third-order valence-corrected chi connectivity index (χ3v) is 18.2. The van der Waals surface area contributed by atoms with Crippen molar-refractivity contribution < 1.29 is 37.3 Å². The second-order valence-electron chi connectivity index (χ2n) is 23.4. The maximum atomic E-state index is 12.4. The van der Waals surface area contributed by atoms with Crippen molar-refractivity contribution >= 4 is 90.1 Å². The number of para-hydroxylation sites is 1. The molecule has 5 N–H and O–H groups in total. The molecule has 0 fully saturated rings. The molecule has 6 aromatic carbocycles. The molecule has 22 heteroatoms. The fourth-order valence-corrected chi connectivity index (χ4v) is 12.5. The van der Waals surface area contributed by atoms with Crippen molar-refractivity contribution in [3.8, 4) is 50.9 Å². The van der Waals surface area contributed by atoms with Gasteiger partial charge < -0.3 is 29.3 Å². The van der Waals surface area contributed by atoms with Gasteiger partial charge in [0, 0.05) is 56.9 Å². The van der Waals surface area contributed by atoms with Gasteiger partial charge >= 0.3 is 5.97 Å². The molecule has 97 heavy (non-hydrogen) atoms. The number of fused-ring (bicyclic) bond motifs is 3. The number of aromatic amines is 4. The van der Waals surface area contributed by atoms with Crippen LogP contribution in [0.2, 0.25) is 0 Å². The third-order valence-electron chi connectivity index (χ3n) is 15.5. The van der Waals surface area contributed by atoms with Crippen LogP contribution in [0.3, 0.4) is 0 Å². The van der Waals surface area contributed by atoms with Crippen molar-refractivity contribution in [2.45, 2.75) is 57.8 Å². The molecule has 2 aliphatic rings. The molecule has 0 saturated carbocycles. The number of carboxylic acids is 1. The van der Waals surface area contributed by atoms with E-state index in [9.17, 15) is 18.0 Å². The lowest BCUT2D eigenvalue weighted by molar-refractivity contribution is -0.116. The number of carbonyl (C=O) groups is 2. The summed E-state index contributed by atoms with van der Waals surface area (Å²) in [6, 6.07) is 47.0. The number of carboxylic acid groups (broad SMARTS) is 1. The van der Waals surface area contributed by atoms with Gasteiger partial charge in [-0.15, -0.1) is 0 Å². The monoisotopic (exact) mass is 1330 g/mol. The van der Waals surface area contributed by atoms with Gasteiger partial charge in [-0.3, -0.25) is 30.0 Å². The van der Waals surface area contributed by atoms with Crippen molar-refractivity contribution in [2.75, 3.05) is 39.7 Å². The SMILES string of the molecule is CC(=O)Cc1ccc(Sc2cccc3[nH]c(C4=NCC(C)=C4)nc23)cc1.CC(C)COc1ccc(/C=C/c2ccccc2)cc1-c1ccn[nH]1.CCS(=O)(=O)n1ccc2ccc(-c3cncc4[nH]c(C5=NCC(C)=C5)nc34)cc21.COc1ccc(OC)c(-c2cc(C(=O)O)[nH]n2)c1. The Morgan fingerprint density at radius 3 is 2.08 bits per heavy atom. The number of imidazole rings is 2. The summed E-state index contributed by atoms with van der Waals surface area (Å²) < 4.78 is 42.5. The maximum Gasteiger partial charge on any atom is 0.353 e. The summed E-state index contributed by atoms with van der Waals surface area (Å²) in [4.78, 5) is 53.9. The van der Waals surface area contributed by atoms with Gasteiger partial charge in [0.25, 0.3) is 0 Å². The van der Waals surface area contributed by atoms with E-state index >= 15 is 0 Å². The van der Waals surface area contributed by atoms with E-state index in [1.54, 1.807) is 75.7 Å². The van der Waals surface area contributed by atoms with Gasteiger partial charge in [-0.1, -0.05) is 104 Å². The van der Waals surface area contributed by atoms with E-state index in [1.165, 1.54) is 33.9 Å². The molecule has 0 unspecified atom stereocenters. The van der Waals surface area contributed by atoms with Gasteiger partial charge in [-0.25, -0.2) is 27.2 Å². The molecule has 0 atom stereocenters. The molecule has 492 valence electrons. The number of hydrogen-bond acceptors (Lipinski definition) is 15. The smallest absolute Gasteiger partial charge is 0.353 e. The number of hydrogen-bond donors (Lipinski definition) is 5. The third kappa shape index (κ3) is 16.5. The Morgan fingerprint density at radius 2 is 1.43 bits per heavy atom. The fourth-order valence-electron chi connectivity index (χ4n) is 10.6. The number of aromatic nitrogens is 10. The topological polar surface area (TPSA) is 273 Å². The van der Waals surface area contributed by atoms with Crippen LogP contribution in [0.25, 0.3) is 78.8 Å². The number of carbonyl (C=O) groups excluding carboxylic acids is 1. The first-order valence-electron chi connectivity index (χ1n) is 31.3. The zero-order valence-corrected chi connectivity index (χ0v) is 56.4. The number of nitrogens with zero attached hydrogens (tertiary/aromatic N) is 8. The van der Waals surface area contributed by atoms with E-state index in [-0.39, 0.29) is 17.2 Å². The fraction of sp³-hybridized carbons (Fsp3) is 0.187. The van der Waals surface area contributed by atoms with E-state index in [2.05, 4.69) is 127 Å². The second kappa shape index (κ2) is 30.5. The summed E-state index contributed by atoms with van der Waals surface area (Å²) in [5, 5.41) is 23.2. The first-order valence-corrected chi connectivity index (χ1v) is 33.7. The van der Waals surface area contributed by atoms with E-state index in [0.29, 0.717) is 59.6 Å². The normalized spacial score (nSPS) is 12.7. The van der Waals surface area contributed by atoms with Crippen molar-refractivity contribution in [1.29, 1.82) is 0 Å². The summed E-state index contributed by atoms with van der Waals surface area (Å²) in [5.74, 6) is 3.29. The number of ketones is 1. The second-order valence-corrected chi connectivity index (χ2v) is 26.7. The first kappa shape index (κ1) is 67.2. The zero-order valence-electron chi connectivity index (χ0n) is 54.8. The Balaban J connectivity index is 0.000000133. The van der Waals surface area contributed by atoms with Crippen LogP contribution >= 0.6 is 11.8 Å². The summed E-state index contributed by atoms with van der Waals surface area (Å²) in [6.07, 6.45) is 15.7. The van der Waals surface area contributed by atoms with Gasteiger partial charge in [-0.05, 0) is 158 Å². The molecule has 14 rings (SSSR count). The highest BCUT2D eigenvalue weighted by molar-refractivity contribution is 7.99. The molecular formula is C75H72N12O8S2. The Morgan fingerprint density at radius 1 is 0.711 bits per heavy atom. The largest absolute Gasteiger partial charge is 0.497 e. The van der Waals surface area contributed by atoms with E-state index in [4.69, 9.17) is 29.3 Å². The van der Waals surface area contributed by atoms with Crippen LogP contribution in [0, 0.1) is 5.92 Å². The van der Waals surface area contributed by atoms with Crippen molar-refractivity contribution in [2.24, 2.45) is 15.9 Å². The molecular weight excluding hydrogens is 1260 g/mol. The lowest BCUT2D eigenvalue weighted by Gasteiger charge is -2.13. The van der Waals surface area contributed by atoms with Crippen molar-refractivity contribution in [3.63, 3.8) is 0 Å². The van der Waals surface area contributed by atoms with Gasteiger partial charge in [0.15, 0.2) is 11.6 Å². The molecule has 2 aliphatic heterocycles. The van der Waals surface area contributed by atoms with Crippen LogP contribution in [-0.4, -0.2) is 126 Å². The minimum atomic E-state index is -3.38. The number of ether oxygens (including phenoxy) is 3. The standard InChI is InChI=1S/C21H19N5O2S.C21H19N3OS.C21H22N2O.C12H12N2O4/c1-3-29(27,28)26-7-6-14-4-5-15(9-19(14)26)16-11-22-12-18-20(16)25-21(24-18)17-8-13(2)10-23-17;1-13-10-18(22-12-13)21-23-17-4-3-5-19(20(17)24-21)26-16-8-6-15(7-9-16)11-14(2)25;1-16(2)15-24-21-11-10-18(9-8-17-6-4-3-5-7-17)14-19(21)20-12-13-22-23-20;1-17-7-3-4-11(18-2)8(5-7)9-6-10(12(15)16)14-13-9/h4-9,11-12H,3,10H2,1-2H3,(H,24,25);3-10H,11-12H2,1-2H3,(H,23,24);3-14,16H,15H2,1-2H3,(H,22,23);3-6H,1-2H3,(H,13,14)(H,15,16)/b;;9-8+;. The molecule has 0 amide bonds. The minimum Gasteiger partial charge on any atom is -0.497 e. The van der Waals surface area contributed by atoms with Gasteiger partial charge in [-0.2, -0.15) is 10.2 Å². The van der Waals surface area contributed by atoms with Crippen LogP contribution < -0.4 is 14.2 Å². The highest BCUT2D eigenvalue weighted by atomic mass is 32.2. The number of aromatic carboxylic acids is 1. The van der Waals surface area contributed by atoms with E-state index in [1.807, 2.05) is 91.9 Å². The molecule has 0 aliphatic carbocycles. The number of allylic oxidation sites excluding steroid dienone is 2. The number of nitrogens with one attached hydrogen (secondary N) is 4. The molecule has 0 bridgehead atoms. The Bertz CT molecular complexity index is 5100. The summed E-state index contributed by atoms with van der Waals surface area (Å²) in [6.45, 7) is 13.8. The predicted molar refractivity (Wildman–Crippen MR) is 385 cm³/mol. The van der Waals surface area contributed by atoms with Crippen LogP contribution in [-0.2, 0) is 21.2 Å². The molecule has 8 heterocycles. The minimum absolute atomic E-state index is 0.0230. The molecule has 0 spiro atoms. The lowest BCUT2D eigenvalue weighted by Crippen LogP contribution is -2.13. The zero-order chi connectivity index (χ0) is 68.2. The number of methoxy groups -OCH3 is 2. The molecule has 20 nitrogen and oxygen atoms in total. The number of benzene rings is 6. The Hall–Kier alpha value is -11.2. The number of pyridine rings is 1. The molecule has 12 aromatic rings. The molecule has 0 radical (unpaired) electrons. The maximum absolute atomic E-state index is 12.4. The van der Waals surface area contributed by atoms with E-state index in [0.717, 1.165) is 100 Å². The van der Waals surface area contributed by atoms with E-state index < -0.39 is 16.0 Å². The summed E-state index contributed by atoms with van der Waals surface area (Å²) in [7, 11) is -0.286. The lowest BCUT2D eigenvalue weighted by atomic mass is 10.1. The first-order chi connectivity index (χ1) is 46.9. The van der Waals surface area contributed by atoms with Crippen LogP contribution in [0.5, 0.6) is 17.2 Å². The number of Topliss-reactive ketones (excluding diaryl/α,β-unsaturated/α-hetero) is 1. The van der Waals surface area contributed by atoms with Crippen molar-refractivity contribution in [3.05, 3.63) is 228 Å². The highest BCUT2D eigenvalue weighted by Crippen LogP contribution is 2.36. The molecule has 6 aromatic heterocycles. The average Bonchev–Trinajstić information content (AvgIpc) is 1.62. The van der Waals surface area contributed by atoms with Gasteiger partial charge in [0.05, 0.1) is 79.3 Å². The number of aliphatic imine (C=N–C) groups is 2. The quantitative estimate of drug-likeness (QED) is 0.0471. The predicted octanol–water partition coefficient (Wildman–Crippen LogP) is 15.2. The van der Waals surface area contributed by atoms with Gasteiger partial charge in [0.1, 0.15) is 45.7 Å². The molecule has 0 saturated heterocycles.